The summed E-state index contributed by atoms with van der Waals surface area (Å²) in [7, 11) is 0. The molecule has 4 heteroatoms. The van der Waals surface area contributed by atoms with Crippen LogP contribution in [0.15, 0.2) is 36.4 Å². The Morgan fingerprint density at radius 2 is 1.43 bits per heavy atom. The molecule has 1 saturated heterocycles. The molecule has 0 aliphatic carbocycles. The summed E-state index contributed by atoms with van der Waals surface area (Å²) in [5, 5.41) is 0. The van der Waals surface area contributed by atoms with Gasteiger partial charge in [0.05, 0.1) is 25.4 Å². The van der Waals surface area contributed by atoms with Gasteiger partial charge in [-0.3, -0.25) is 0 Å². The summed E-state index contributed by atoms with van der Waals surface area (Å²) < 4.78 is 23.3. The van der Waals surface area contributed by atoms with Gasteiger partial charge in [-0.1, -0.05) is 36.4 Å². The number of hydrogen-bond donors (Lipinski definition) is 0. The maximum Gasteiger partial charge on any atom is 0.178 e. The van der Waals surface area contributed by atoms with Crippen LogP contribution in [0, 0.1) is 0 Å². The fourth-order valence-electron chi connectivity index (χ4n) is 2.26. The van der Waals surface area contributed by atoms with Gasteiger partial charge in [0.2, 0.25) is 0 Å². The molecular formula is C19H28O4. The molecule has 1 aliphatic rings. The molecule has 4 nitrogen and oxygen atoms in total. The molecule has 0 radical (unpaired) electrons. The lowest BCUT2D eigenvalue weighted by Gasteiger charge is -2.19. The fourth-order valence-corrected chi connectivity index (χ4v) is 2.26. The predicted molar refractivity (Wildman–Crippen MR) is 91.2 cm³/mol. The van der Waals surface area contributed by atoms with E-state index in [0.29, 0.717) is 13.2 Å². The third-order valence-electron chi connectivity index (χ3n) is 3.47. The first-order valence-corrected chi connectivity index (χ1v) is 8.32. The van der Waals surface area contributed by atoms with Crippen molar-refractivity contribution >= 4 is 6.08 Å². The molecule has 1 heterocycles. The molecule has 0 aromatic heterocycles. The molecule has 1 aliphatic heterocycles. The number of rotatable bonds is 8. The molecule has 0 spiro atoms. The molecule has 0 unspecified atom stereocenters. The highest BCUT2D eigenvalue weighted by molar-refractivity contribution is 5.49. The molecule has 2 rings (SSSR count). The molecule has 2 atom stereocenters. The minimum Gasteiger partial charge on any atom is -0.376 e. The molecular weight excluding hydrogens is 292 g/mol. The van der Waals surface area contributed by atoms with Crippen LogP contribution in [0.25, 0.3) is 6.08 Å². The third-order valence-corrected chi connectivity index (χ3v) is 3.47. The standard InChI is InChI=1S/C19H28O4/c1-14(2)20-12-17-18(13-21-15(3)4)23-19(22-17)11-10-16-8-6-5-7-9-16/h5-11,14-15,17-19H,12-13H2,1-4H3/b11-10+/t17-,18-/m0/s1. The highest BCUT2D eigenvalue weighted by Crippen LogP contribution is 2.22. The normalized spacial score (nSPS) is 22.7. The minimum absolute atomic E-state index is 0.110. The second-order valence-corrected chi connectivity index (χ2v) is 6.25. The molecule has 0 N–H and O–H groups in total. The van der Waals surface area contributed by atoms with Crippen molar-refractivity contribution in [1.29, 1.82) is 0 Å². The Kier molecular flexibility index (Phi) is 7.24. The topological polar surface area (TPSA) is 36.9 Å². The van der Waals surface area contributed by atoms with Crippen LogP contribution in [0.1, 0.15) is 33.3 Å². The van der Waals surface area contributed by atoms with Gasteiger partial charge in [-0.25, -0.2) is 0 Å². The van der Waals surface area contributed by atoms with Crippen LogP contribution < -0.4 is 0 Å². The van der Waals surface area contributed by atoms with Gasteiger partial charge in [-0.15, -0.1) is 0 Å². The molecule has 0 saturated carbocycles. The van der Waals surface area contributed by atoms with Crippen molar-refractivity contribution in [1.82, 2.24) is 0 Å². The summed E-state index contributed by atoms with van der Waals surface area (Å²) in [6.07, 6.45) is 3.71. The van der Waals surface area contributed by atoms with Crippen LogP contribution in [0.2, 0.25) is 0 Å². The predicted octanol–water partition coefficient (Wildman–Crippen LogP) is 3.66. The first kappa shape index (κ1) is 18.1. The van der Waals surface area contributed by atoms with Crippen LogP contribution in [-0.2, 0) is 18.9 Å². The summed E-state index contributed by atoms with van der Waals surface area (Å²) in [5.74, 6) is 0. The van der Waals surface area contributed by atoms with Crippen molar-refractivity contribution in [2.75, 3.05) is 13.2 Å². The van der Waals surface area contributed by atoms with E-state index < -0.39 is 0 Å². The Morgan fingerprint density at radius 1 is 0.913 bits per heavy atom. The Morgan fingerprint density at radius 3 is 1.91 bits per heavy atom. The summed E-state index contributed by atoms with van der Waals surface area (Å²) >= 11 is 0. The quantitative estimate of drug-likeness (QED) is 0.732. The van der Waals surface area contributed by atoms with Crippen LogP contribution in [0.3, 0.4) is 0 Å². The summed E-state index contributed by atoms with van der Waals surface area (Å²) in [6.45, 7) is 9.09. The average molecular weight is 320 g/mol. The lowest BCUT2D eigenvalue weighted by Crippen LogP contribution is -2.33. The monoisotopic (exact) mass is 320 g/mol. The third kappa shape index (κ3) is 6.43. The molecule has 128 valence electrons. The molecule has 23 heavy (non-hydrogen) atoms. The van der Waals surface area contributed by atoms with Gasteiger partial charge in [0, 0.05) is 0 Å². The maximum absolute atomic E-state index is 5.96. The van der Waals surface area contributed by atoms with Crippen molar-refractivity contribution in [3.63, 3.8) is 0 Å². The molecule has 1 aromatic rings. The van der Waals surface area contributed by atoms with Crippen LogP contribution in [0.5, 0.6) is 0 Å². The first-order valence-electron chi connectivity index (χ1n) is 8.32. The van der Waals surface area contributed by atoms with E-state index in [1.807, 2.05) is 70.2 Å². The fraction of sp³-hybridized carbons (Fsp3) is 0.579. The summed E-state index contributed by atoms with van der Waals surface area (Å²) in [5.41, 5.74) is 1.12. The van der Waals surface area contributed by atoms with Gasteiger partial charge in [-0.05, 0) is 39.3 Å². The van der Waals surface area contributed by atoms with Crippen molar-refractivity contribution < 1.29 is 18.9 Å². The average Bonchev–Trinajstić information content (AvgIpc) is 2.92. The van der Waals surface area contributed by atoms with E-state index >= 15 is 0 Å². The van der Waals surface area contributed by atoms with Crippen LogP contribution in [-0.4, -0.2) is 43.9 Å². The van der Waals surface area contributed by atoms with E-state index in [1.54, 1.807) is 0 Å². The zero-order valence-corrected chi connectivity index (χ0v) is 14.5. The number of ether oxygens (including phenoxy) is 4. The number of benzene rings is 1. The molecule has 0 amide bonds. The van der Waals surface area contributed by atoms with Gasteiger partial charge >= 0.3 is 0 Å². The Bertz CT molecular complexity index is 450. The van der Waals surface area contributed by atoms with E-state index in [1.165, 1.54) is 0 Å². The lowest BCUT2D eigenvalue weighted by molar-refractivity contribution is -0.0522. The number of hydrogen-bond acceptors (Lipinski definition) is 4. The summed E-state index contributed by atoms with van der Waals surface area (Å²) in [4.78, 5) is 0. The zero-order chi connectivity index (χ0) is 16.7. The van der Waals surface area contributed by atoms with Crippen molar-refractivity contribution in [2.24, 2.45) is 0 Å². The summed E-state index contributed by atoms with van der Waals surface area (Å²) in [6, 6.07) is 10.1. The van der Waals surface area contributed by atoms with Crippen molar-refractivity contribution in [3.8, 4) is 0 Å². The Labute approximate surface area is 139 Å². The van der Waals surface area contributed by atoms with Crippen LogP contribution in [0.4, 0.5) is 0 Å². The van der Waals surface area contributed by atoms with Gasteiger partial charge in [0.25, 0.3) is 0 Å². The first-order chi connectivity index (χ1) is 11.0. The Balaban J connectivity index is 1.92. The largest absolute Gasteiger partial charge is 0.376 e. The van der Waals surface area contributed by atoms with E-state index in [-0.39, 0.29) is 30.7 Å². The van der Waals surface area contributed by atoms with E-state index in [2.05, 4.69) is 0 Å². The molecule has 1 aromatic carbocycles. The van der Waals surface area contributed by atoms with Gasteiger partial charge < -0.3 is 18.9 Å². The van der Waals surface area contributed by atoms with Gasteiger partial charge in [0.15, 0.2) is 6.29 Å². The van der Waals surface area contributed by atoms with E-state index in [9.17, 15) is 0 Å². The SMILES string of the molecule is CC(C)OC[C@@H]1OC(/C=C/c2ccccc2)O[C@H]1COC(C)C. The highest BCUT2D eigenvalue weighted by Gasteiger charge is 2.35. The van der Waals surface area contributed by atoms with Gasteiger partial charge in [-0.2, -0.15) is 0 Å². The van der Waals surface area contributed by atoms with Crippen molar-refractivity contribution in [2.45, 2.75) is 58.4 Å². The van der Waals surface area contributed by atoms with Crippen molar-refractivity contribution in [3.05, 3.63) is 42.0 Å². The highest BCUT2D eigenvalue weighted by atomic mass is 16.7. The molecule has 1 fully saturated rings. The minimum atomic E-state index is -0.364. The molecule has 0 bridgehead atoms. The van der Waals surface area contributed by atoms with E-state index in [0.717, 1.165) is 5.56 Å². The maximum atomic E-state index is 5.96. The lowest BCUT2D eigenvalue weighted by atomic mass is 10.2. The zero-order valence-electron chi connectivity index (χ0n) is 14.5. The van der Waals surface area contributed by atoms with Gasteiger partial charge in [0.1, 0.15) is 12.2 Å². The van der Waals surface area contributed by atoms with Crippen LogP contribution >= 0.6 is 0 Å². The Hall–Kier alpha value is -1.20. The second kappa shape index (κ2) is 9.18. The second-order valence-electron chi connectivity index (χ2n) is 6.25. The van der Waals surface area contributed by atoms with E-state index in [4.69, 9.17) is 18.9 Å². The smallest absolute Gasteiger partial charge is 0.178 e.